The van der Waals surface area contributed by atoms with Gasteiger partial charge in [-0.2, -0.15) is 13.2 Å². The molecule has 1 heterocycles. The summed E-state index contributed by atoms with van der Waals surface area (Å²) in [6.07, 6.45) is -6.30. The Balaban J connectivity index is 2.36. The predicted molar refractivity (Wildman–Crippen MR) is 75.3 cm³/mol. The topological polar surface area (TPSA) is 34.1 Å². The number of para-hydroxylation sites is 1. The molecule has 0 saturated heterocycles. The van der Waals surface area contributed by atoms with E-state index in [0.29, 0.717) is 12.1 Å². The predicted octanol–water partition coefficient (Wildman–Crippen LogP) is 3.67. The van der Waals surface area contributed by atoms with E-state index >= 15 is 0 Å². The molecule has 1 N–H and O–H groups in total. The maximum absolute atomic E-state index is 12.6. The molecule has 2 rings (SSSR count). The normalized spacial score (nSPS) is 13.4. The van der Waals surface area contributed by atoms with Crippen LogP contribution in [-0.2, 0) is 6.54 Å². The molecule has 0 fully saturated rings. The molecule has 0 spiro atoms. The van der Waals surface area contributed by atoms with Crippen molar-refractivity contribution in [1.82, 2.24) is 10.3 Å². The molecule has 0 radical (unpaired) electrons. The zero-order chi connectivity index (χ0) is 15.5. The van der Waals surface area contributed by atoms with Crippen molar-refractivity contribution in [2.45, 2.75) is 32.7 Å². The first-order valence-electron chi connectivity index (χ1n) is 6.74. The van der Waals surface area contributed by atoms with Gasteiger partial charge in [-0.25, -0.2) is 4.98 Å². The van der Waals surface area contributed by atoms with Gasteiger partial charge in [0.25, 0.3) is 0 Å². The molecule has 1 atom stereocenters. The molecule has 0 saturated carbocycles. The lowest BCUT2D eigenvalue weighted by Crippen LogP contribution is -2.31. The summed E-state index contributed by atoms with van der Waals surface area (Å²) in [6.45, 7) is 4.26. The van der Waals surface area contributed by atoms with Gasteiger partial charge < -0.3 is 10.1 Å². The second-order valence-electron chi connectivity index (χ2n) is 4.72. The van der Waals surface area contributed by atoms with Gasteiger partial charge >= 0.3 is 6.18 Å². The Morgan fingerprint density at radius 3 is 2.67 bits per heavy atom. The van der Waals surface area contributed by atoms with Crippen molar-refractivity contribution in [3.8, 4) is 5.88 Å². The number of ether oxygens (including phenoxy) is 1. The van der Waals surface area contributed by atoms with Crippen LogP contribution in [0.5, 0.6) is 5.88 Å². The van der Waals surface area contributed by atoms with Crippen LogP contribution < -0.4 is 10.1 Å². The molecule has 0 amide bonds. The van der Waals surface area contributed by atoms with Crippen molar-refractivity contribution in [2.24, 2.45) is 0 Å². The second-order valence-corrected chi connectivity index (χ2v) is 4.72. The number of fused-ring (bicyclic) bond motifs is 1. The molecule has 1 aromatic carbocycles. The number of nitrogens with one attached hydrogen (secondary N) is 1. The molecular formula is C15H17F3N2O. The molecule has 2 aromatic rings. The summed E-state index contributed by atoms with van der Waals surface area (Å²) in [7, 11) is 0. The molecule has 6 heteroatoms. The average Bonchev–Trinajstić information content (AvgIpc) is 2.43. The van der Waals surface area contributed by atoms with Crippen molar-refractivity contribution in [1.29, 1.82) is 0 Å². The lowest BCUT2D eigenvalue weighted by atomic mass is 10.1. The lowest BCUT2D eigenvalue weighted by Gasteiger charge is -2.18. The number of alkyl halides is 3. The molecule has 3 nitrogen and oxygen atoms in total. The first-order chi connectivity index (χ1) is 9.91. The first kappa shape index (κ1) is 15.6. The van der Waals surface area contributed by atoms with Crippen LogP contribution >= 0.6 is 0 Å². The summed E-state index contributed by atoms with van der Waals surface area (Å²) in [4.78, 5) is 4.15. The Bertz CT molecular complexity index is 613. The molecule has 21 heavy (non-hydrogen) atoms. The third kappa shape index (κ3) is 3.85. The molecular weight excluding hydrogens is 281 g/mol. The van der Waals surface area contributed by atoms with E-state index in [4.69, 9.17) is 4.74 Å². The number of hydrogen-bond donors (Lipinski definition) is 1. The van der Waals surface area contributed by atoms with Gasteiger partial charge in [0, 0.05) is 18.0 Å². The van der Waals surface area contributed by atoms with E-state index in [2.05, 4.69) is 10.3 Å². The van der Waals surface area contributed by atoms with Crippen LogP contribution in [0.15, 0.2) is 30.3 Å². The van der Waals surface area contributed by atoms with Gasteiger partial charge in [-0.05, 0) is 25.1 Å². The summed E-state index contributed by atoms with van der Waals surface area (Å²) in [5.41, 5.74) is 1.49. The zero-order valence-electron chi connectivity index (χ0n) is 11.9. The van der Waals surface area contributed by atoms with E-state index in [1.807, 2.05) is 19.1 Å². The van der Waals surface area contributed by atoms with Crippen molar-refractivity contribution in [3.63, 3.8) is 0 Å². The Morgan fingerprint density at radius 1 is 1.29 bits per heavy atom. The third-order valence-electron chi connectivity index (χ3n) is 3.10. The molecule has 1 unspecified atom stereocenters. The average molecular weight is 298 g/mol. The summed E-state index contributed by atoms with van der Waals surface area (Å²) < 4.78 is 42.7. The molecule has 0 aliphatic heterocycles. The van der Waals surface area contributed by atoms with Crippen LogP contribution in [0.25, 0.3) is 10.9 Å². The van der Waals surface area contributed by atoms with Gasteiger partial charge in [0.1, 0.15) is 0 Å². The maximum Gasteiger partial charge on any atom is 0.425 e. The third-order valence-corrected chi connectivity index (χ3v) is 3.10. The fourth-order valence-corrected chi connectivity index (χ4v) is 1.93. The maximum atomic E-state index is 12.6. The summed E-state index contributed by atoms with van der Waals surface area (Å²) in [5.74, 6) is -0.00794. The molecule has 114 valence electrons. The van der Waals surface area contributed by atoms with Crippen molar-refractivity contribution >= 4 is 10.9 Å². The van der Waals surface area contributed by atoms with E-state index in [1.54, 1.807) is 18.2 Å². The lowest BCUT2D eigenvalue weighted by molar-refractivity contribution is -0.189. The van der Waals surface area contributed by atoms with Crippen LogP contribution in [-0.4, -0.2) is 23.8 Å². The molecule has 0 bridgehead atoms. The highest BCUT2D eigenvalue weighted by Gasteiger charge is 2.38. The number of halogens is 3. The van der Waals surface area contributed by atoms with E-state index < -0.39 is 12.3 Å². The Hall–Kier alpha value is -1.82. The molecule has 0 aliphatic carbocycles. The van der Waals surface area contributed by atoms with Crippen LogP contribution in [0, 0.1) is 0 Å². The fourth-order valence-electron chi connectivity index (χ4n) is 1.93. The number of nitrogens with zero attached hydrogens (tertiary/aromatic N) is 1. The summed E-state index contributed by atoms with van der Waals surface area (Å²) in [5, 5.41) is 4.07. The Morgan fingerprint density at radius 2 is 2.00 bits per heavy atom. The quantitative estimate of drug-likeness (QED) is 0.914. The number of rotatable bonds is 5. The Labute approximate surface area is 121 Å². The number of aromatic nitrogens is 1. The van der Waals surface area contributed by atoms with Gasteiger partial charge in [0.15, 0.2) is 6.10 Å². The van der Waals surface area contributed by atoms with Crippen molar-refractivity contribution < 1.29 is 17.9 Å². The van der Waals surface area contributed by atoms with Gasteiger partial charge in [0.2, 0.25) is 5.88 Å². The van der Waals surface area contributed by atoms with Crippen LogP contribution in [0.2, 0.25) is 0 Å². The summed E-state index contributed by atoms with van der Waals surface area (Å²) in [6, 6.07) is 8.89. The van der Waals surface area contributed by atoms with Gasteiger partial charge in [-0.1, -0.05) is 25.1 Å². The fraction of sp³-hybridized carbons (Fsp3) is 0.400. The van der Waals surface area contributed by atoms with E-state index in [9.17, 15) is 13.2 Å². The minimum absolute atomic E-state index is 0.00794. The number of pyridine rings is 1. The number of hydrogen-bond acceptors (Lipinski definition) is 3. The molecule has 0 aliphatic rings. The zero-order valence-corrected chi connectivity index (χ0v) is 11.9. The Kier molecular flexibility index (Phi) is 4.67. The summed E-state index contributed by atoms with van der Waals surface area (Å²) >= 11 is 0. The van der Waals surface area contributed by atoms with E-state index in [1.165, 1.54) is 0 Å². The highest BCUT2D eigenvalue weighted by atomic mass is 19.4. The van der Waals surface area contributed by atoms with Crippen LogP contribution in [0.3, 0.4) is 0 Å². The SMILES string of the molecule is CCNCc1cc(OC(C)C(F)(F)F)nc2ccccc12. The standard InChI is InChI=1S/C15H17F3N2O/c1-3-19-9-11-8-14(21-10(2)15(16,17)18)20-13-7-5-4-6-12(11)13/h4-8,10,19H,3,9H2,1-2H3. The minimum atomic E-state index is -4.41. The van der Waals surface area contributed by atoms with E-state index in [-0.39, 0.29) is 5.88 Å². The van der Waals surface area contributed by atoms with Crippen LogP contribution in [0.4, 0.5) is 13.2 Å². The van der Waals surface area contributed by atoms with Gasteiger partial charge in [-0.3, -0.25) is 0 Å². The highest BCUT2D eigenvalue weighted by Crippen LogP contribution is 2.27. The van der Waals surface area contributed by atoms with Crippen LogP contribution in [0.1, 0.15) is 19.4 Å². The number of benzene rings is 1. The first-order valence-corrected chi connectivity index (χ1v) is 6.74. The smallest absolute Gasteiger partial charge is 0.425 e. The van der Waals surface area contributed by atoms with E-state index in [0.717, 1.165) is 24.4 Å². The molecule has 1 aromatic heterocycles. The monoisotopic (exact) mass is 298 g/mol. The highest BCUT2D eigenvalue weighted by molar-refractivity contribution is 5.82. The minimum Gasteiger partial charge on any atom is -0.465 e. The van der Waals surface area contributed by atoms with Crippen molar-refractivity contribution in [3.05, 3.63) is 35.9 Å². The largest absolute Gasteiger partial charge is 0.465 e. The van der Waals surface area contributed by atoms with Crippen molar-refractivity contribution in [2.75, 3.05) is 6.54 Å². The second kappa shape index (κ2) is 6.30. The van der Waals surface area contributed by atoms with Gasteiger partial charge in [-0.15, -0.1) is 0 Å². The van der Waals surface area contributed by atoms with Gasteiger partial charge in [0.05, 0.1) is 5.52 Å².